The number of piperazine rings is 1. The first-order chi connectivity index (χ1) is 9.56. The summed E-state index contributed by atoms with van der Waals surface area (Å²) < 4.78 is 0. The molecule has 0 spiro atoms. The molecular formula is C15H22ClN3O. The Morgan fingerprint density at radius 1 is 1.45 bits per heavy atom. The summed E-state index contributed by atoms with van der Waals surface area (Å²) in [6, 6.07) is 6.22. The van der Waals surface area contributed by atoms with E-state index in [9.17, 15) is 4.79 Å². The fourth-order valence-electron chi connectivity index (χ4n) is 2.69. The first-order valence-electron chi connectivity index (χ1n) is 7.16. The quantitative estimate of drug-likeness (QED) is 0.897. The van der Waals surface area contributed by atoms with Gasteiger partial charge in [-0.05, 0) is 31.0 Å². The number of amides is 1. The summed E-state index contributed by atoms with van der Waals surface area (Å²) in [4.78, 5) is 13.5. The number of nitrogens with two attached hydrogens (primary N) is 1. The van der Waals surface area contributed by atoms with Crippen molar-refractivity contribution in [2.75, 3.05) is 18.0 Å². The van der Waals surface area contributed by atoms with Crippen LogP contribution in [0.1, 0.15) is 37.0 Å². The Morgan fingerprint density at radius 3 is 2.75 bits per heavy atom. The molecule has 1 aliphatic heterocycles. The fraction of sp³-hybridized carbons (Fsp3) is 0.533. The van der Waals surface area contributed by atoms with Crippen molar-refractivity contribution in [3.05, 3.63) is 28.8 Å². The molecule has 2 rings (SSSR count). The Labute approximate surface area is 125 Å². The van der Waals surface area contributed by atoms with Crippen LogP contribution in [-0.4, -0.2) is 31.1 Å². The van der Waals surface area contributed by atoms with Crippen molar-refractivity contribution < 1.29 is 4.79 Å². The Kier molecular flexibility index (Phi) is 4.89. The first-order valence-corrected chi connectivity index (χ1v) is 7.54. The highest BCUT2D eigenvalue weighted by Gasteiger charge is 2.27. The summed E-state index contributed by atoms with van der Waals surface area (Å²) in [5.74, 6) is -0.447. The summed E-state index contributed by atoms with van der Waals surface area (Å²) >= 11 is 6.35. The number of hydrogen-bond donors (Lipinski definition) is 2. The van der Waals surface area contributed by atoms with Gasteiger partial charge in [0.1, 0.15) is 0 Å². The van der Waals surface area contributed by atoms with Crippen LogP contribution in [0.3, 0.4) is 0 Å². The van der Waals surface area contributed by atoms with E-state index in [0.29, 0.717) is 22.7 Å². The Balaban J connectivity index is 2.29. The molecule has 0 bridgehead atoms. The number of halogens is 1. The summed E-state index contributed by atoms with van der Waals surface area (Å²) in [5, 5.41) is 4.15. The lowest BCUT2D eigenvalue weighted by Gasteiger charge is -2.42. The third-order valence-electron chi connectivity index (χ3n) is 4.01. The van der Waals surface area contributed by atoms with Gasteiger partial charge in [0.25, 0.3) is 0 Å². The summed E-state index contributed by atoms with van der Waals surface area (Å²) in [7, 11) is 0. The second-order valence-corrected chi connectivity index (χ2v) is 5.67. The Bertz CT molecular complexity index is 492. The molecule has 2 atom stereocenters. The number of hydrogen-bond acceptors (Lipinski definition) is 3. The monoisotopic (exact) mass is 295 g/mol. The van der Waals surface area contributed by atoms with Gasteiger partial charge in [-0.25, -0.2) is 0 Å². The van der Waals surface area contributed by atoms with Crippen LogP contribution in [0.15, 0.2) is 18.2 Å². The maximum absolute atomic E-state index is 11.2. The van der Waals surface area contributed by atoms with Crippen LogP contribution < -0.4 is 16.0 Å². The zero-order valence-electron chi connectivity index (χ0n) is 12.0. The fourth-order valence-corrected chi connectivity index (χ4v) is 2.98. The largest absolute Gasteiger partial charge is 0.366 e. The molecule has 1 aliphatic rings. The van der Waals surface area contributed by atoms with Crippen LogP contribution in [-0.2, 0) is 0 Å². The van der Waals surface area contributed by atoms with Crippen LogP contribution in [0.2, 0.25) is 5.02 Å². The summed E-state index contributed by atoms with van der Waals surface area (Å²) in [5.41, 5.74) is 6.73. The van der Waals surface area contributed by atoms with Gasteiger partial charge in [-0.1, -0.05) is 25.4 Å². The Morgan fingerprint density at radius 2 is 2.20 bits per heavy atom. The number of primary amides is 1. The molecule has 1 fully saturated rings. The predicted octanol–water partition coefficient (Wildman–Crippen LogP) is 2.41. The van der Waals surface area contributed by atoms with E-state index in [4.69, 9.17) is 17.3 Å². The lowest BCUT2D eigenvalue weighted by Crippen LogP contribution is -2.56. The van der Waals surface area contributed by atoms with E-state index in [1.807, 2.05) is 6.07 Å². The molecule has 2 unspecified atom stereocenters. The van der Waals surface area contributed by atoms with E-state index in [-0.39, 0.29) is 0 Å². The van der Waals surface area contributed by atoms with Gasteiger partial charge in [-0.2, -0.15) is 0 Å². The van der Waals surface area contributed by atoms with Gasteiger partial charge in [0.05, 0.1) is 10.7 Å². The van der Waals surface area contributed by atoms with E-state index in [0.717, 1.165) is 31.6 Å². The molecule has 110 valence electrons. The molecule has 1 aromatic carbocycles. The van der Waals surface area contributed by atoms with Crippen LogP contribution in [0, 0.1) is 0 Å². The average Bonchev–Trinajstić information content (AvgIpc) is 2.46. The van der Waals surface area contributed by atoms with Gasteiger partial charge in [-0.15, -0.1) is 0 Å². The van der Waals surface area contributed by atoms with E-state index < -0.39 is 5.91 Å². The van der Waals surface area contributed by atoms with E-state index in [1.54, 1.807) is 12.1 Å². The number of rotatable bonds is 4. The number of carbonyl (C=O) groups is 1. The van der Waals surface area contributed by atoms with Crippen molar-refractivity contribution >= 4 is 23.2 Å². The van der Waals surface area contributed by atoms with Gasteiger partial charge in [0, 0.05) is 30.7 Å². The van der Waals surface area contributed by atoms with E-state index >= 15 is 0 Å². The zero-order chi connectivity index (χ0) is 14.7. The topological polar surface area (TPSA) is 58.4 Å². The smallest absolute Gasteiger partial charge is 0.248 e. The van der Waals surface area contributed by atoms with Gasteiger partial charge in [-0.3, -0.25) is 4.79 Å². The molecule has 5 heteroatoms. The molecule has 0 aromatic heterocycles. The number of nitrogens with one attached hydrogen (secondary N) is 1. The molecule has 0 saturated carbocycles. The van der Waals surface area contributed by atoms with E-state index in [2.05, 4.69) is 24.1 Å². The lowest BCUT2D eigenvalue weighted by molar-refractivity contribution is 0.100. The Hall–Kier alpha value is -1.26. The van der Waals surface area contributed by atoms with Crippen molar-refractivity contribution in [3.8, 4) is 0 Å². The van der Waals surface area contributed by atoms with Crippen molar-refractivity contribution in [1.82, 2.24) is 5.32 Å². The van der Waals surface area contributed by atoms with Crippen molar-refractivity contribution in [2.45, 2.75) is 38.8 Å². The highest BCUT2D eigenvalue weighted by molar-refractivity contribution is 6.33. The molecular weight excluding hydrogens is 274 g/mol. The molecule has 0 radical (unpaired) electrons. The van der Waals surface area contributed by atoms with E-state index in [1.165, 1.54) is 0 Å². The minimum atomic E-state index is -0.447. The highest BCUT2D eigenvalue weighted by Crippen LogP contribution is 2.30. The molecule has 1 amide bonds. The number of nitrogens with zero attached hydrogens (tertiary/aromatic N) is 1. The molecule has 1 aromatic rings. The minimum Gasteiger partial charge on any atom is -0.366 e. The molecule has 3 N–H and O–H groups in total. The molecule has 1 saturated heterocycles. The summed E-state index contributed by atoms with van der Waals surface area (Å²) in [6.07, 6.45) is 2.14. The first kappa shape index (κ1) is 15.1. The maximum atomic E-state index is 11.2. The molecule has 20 heavy (non-hydrogen) atoms. The van der Waals surface area contributed by atoms with Gasteiger partial charge >= 0.3 is 0 Å². The maximum Gasteiger partial charge on any atom is 0.248 e. The molecule has 0 aliphatic carbocycles. The minimum absolute atomic E-state index is 0.426. The van der Waals surface area contributed by atoms with Crippen LogP contribution in [0.5, 0.6) is 0 Å². The molecule has 4 nitrogen and oxygen atoms in total. The second-order valence-electron chi connectivity index (χ2n) is 5.26. The average molecular weight is 296 g/mol. The number of anilines is 1. The second kappa shape index (κ2) is 6.46. The SMILES string of the molecule is CCC1CN(c2ccc(C(N)=O)cc2Cl)C(CC)CN1. The normalized spacial score (nSPS) is 22.9. The predicted molar refractivity (Wildman–Crippen MR) is 83.5 cm³/mol. The van der Waals surface area contributed by atoms with Gasteiger partial charge < -0.3 is 16.0 Å². The van der Waals surface area contributed by atoms with Crippen LogP contribution in [0.25, 0.3) is 0 Å². The third-order valence-corrected chi connectivity index (χ3v) is 4.31. The summed E-state index contributed by atoms with van der Waals surface area (Å²) in [6.45, 7) is 6.25. The van der Waals surface area contributed by atoms with Gasteiger partial charge in [0.15, 0.2) is 0 Å². The lowest BCUT2D eigenvalue weighted by atomic mass is 10.0. The number of carbonyl (C=O) groups excluding carboxylic acids is 1. The number of benzene rings is 1. The van der Waals surface area contributed by atoms with Crippen molar-refractivity contribution in [1.29, 1.82) is 0 Å². The van der Waals surface area contributed by atoms with Crippen molar-refractivity contribution in [3.63, 3.8) is 0 Å². The molecule has 1 heterocycles. The third kappa shape index (κ3) is 3.07. The van der Waals surface area contributed by atoms with Crippen molar-refractivity contribution in [2.24, 2.45) is 5.73 Å². The van der Waals surface area contributed by atoms with Crippen LogP contribution >= 0.6 is 11.6 Å². The standard InChI is InChI=1S/C15H22ClN3O/c1-3-11-9-19(12(4-2)8-18-11)14-6-5-10(15(17)20)7-13(14)16/h5-7,11-12,18H,3-4,8-9H2,1-2H3,(H2,17,20). The van der Waals surface area contributed by atoms with Gasteiger partial charge in [0.2, 0.25) is 5.91 Å². The highest BCUT2D eigenvalue weighted by atomic mass is 35.5. The van der Waals surface area contributed by atoms with Crippen LogP contribution in [0.4, 0.5) is 5.69 Å². The zero-order valence-corrected chi connectivity index (χ0v) is 12.8.